The number of aromatic amines is 1. The minimum absolute atomic E-state index is 0.274. The summed E-state index contributed by atoms with van der Waals surface area (Å²) in [4.78, 5) is 26.4. The van der Waals surface area contributed by atoms with Crippen molar-refractivity contribution in [3.63, 3.8) is 0 Å². The van der Waals surface area contributed by atoms with Gasteiger partial charge in [0.2, 0.25) is 5.56 Å². The van der Waals surface area contributed by atoms with E-state index in [4.69, 9.17) is 0 Å². The number of carbonyl (C=O) groups excluding carboxylic acids is 1. The zero-order valence-electron chi connectivity index (χ0n) is 12.4. The maximum absolute atomic E-state index is 12.5. The number of hydrogen-bond donors (Lipinski definition) is 2. The zero-order chi connectivity index (χ0) is 16.1. The van der Waals surface area contributed by atoms with Crippen molar-refractivity contribution in [2.45, 2.75) is 6.04 Å². The Balaban J connectivity index is 1.93. The summed E-state index contributed by atoms with van der Waals surface area (Å²) in [5.41, 5.74) is 2.01. The predicted octanol–water partition coefficient (Wildman–Crippen LogP) is 2.89. The molecule has 4 nitrogen and oxygen atoms in total. The monoisotopic (exact) mass is 304 g/mol. The summed E-state index contributed by atoms with van der Waals surface area (Å²) in [5, 5.41) is 3.00. The lowest BCUT2D eigenvalue weighted by Gasteiger charge is -2.20. The average Bonchev–Trinajstić information content (AvgIpc) is 2.61. The first-order chi connectivity index (χ1) is 11.2. The summed E-state index contributed by atoms with van der Waals surface area (Å²) in [5.74, 6) is -0.284. The molecule has 4 heteroatoms. The van der Waals surface area contributed by atoms with Gasteiger partial charge in [-0.15, -0.1) is 0 Å². The third kappa shape index (κ3) is 3.55. The highest BCUT2D eigenvalue weighted by Crippen LogP contribution is 2.22. The first-order valence-electron chi connectivity index (χ1n) is 7.33. The van der Waals surface area contributed by atoms with Crippen molar-refractivity contribution >= 4 is 5.91 Å². The van der Waals surface area contributed by atoms with E-state index in [-0.39, 0.29) is 17.5 Å². The molecular formula is C19H16N2O2. The van der Waals surface area contributed by atoms with E-state index in [2.05, 4.69) is 10.3 Å². The first-order valence-corrected chi connectivity index (χ1v) is 7.33. The third-order valence-corrected chi connectivity index (χ3v) is 3.58. The minimum Gasteiger partial charge on any atom is -0.341 e. The van der Waals surface area contributed by atoms with Crippen LogP contribution < -0.4 is 10.9 Å². The Hall–Kier alpha value is -3.14. The summed E-state index contributed by atoms with van der Waals surface area (Å²) < 4.78 is 0. The molecule has 1 amide bonds. The highest BCUT2D eigenvalue weighted by atomic mass is 16.2. The summed E-state index contributed by atoms with van der Waals surface area (Å²) in [7, 11) is 0. The van der Waals surface area contributed by atoms with E-state index < -0.39 is 0 Å². The summed E-state index contributed by atoms with van der Waals surface area (Å²) in [6, 6.07) is 22.1. The molecule has 114 valence electrons. The SMILES string of the molecule is O=C(NC(c1ccccc1)c1ccccc1)c1cc[nH]c(=O)c1. The standard InChI is InChI=1S/C19H16N2O2/c22-17-13-16(11-12-20-17)19(23)21-18(14-7-3-1-4-8-14)15-9-5-2-6-10-15/h1-13,18H,(H,20,22)(H,21,23). The van der Waals surface area contributed by atoms with Crippen molar-refractivity contribution in [1.29, 1.82) is 0 Å². The van der Waals surface area contributed by atoms with Gasteiger partial charge in [-0.3, -0.25) is 9.59 Å². The molecule has 0 fully saturated rings. The molecule has 0 spiro atoms. The van der Waals surface area contributed by atoms with Crippen LogP contribution in [-0.2, 0) is 0 Å². The molecular weight excluding hydrogens is 288 g/mol. The Labute approximate surface area is 133 Å². The summed E-state index contributed by atoms with van der Waals surface area (Å²) in [6.07, 6.45) is 1.47. The number of carbonyl (C=O) groups is 1. The van der Waals surface area contributed by atoms with E-state index >= 15 is 0 Å². The number of hydrogen-bond acceptors (Lipinski definition) is 2. The normalized spacial score (nSPS) is 10.5. The fourth-order valence-corrected chi connectivity index (χ4v) is 2.45. The Bertz CT molecular complexity index is 802. The van der Waals surface area contributed by atoms with Crippen LogP contribution in [-0.4, -0.2) is 10.9 Å². The van der Waals surface area contributed by atoms with Crippen LogP contribution in [0.1, 0.15) is 27.5 Å². The van der Waals surface area contributed by atoms with Crippen LogP contribution in [0.15, 0.2) is 83.8 Å². The molecule has 1 heterocycles. The smallest absolute Gasteiger partial charge is 0.252 e. The highest BCUT2D eigenvalue weighted by molar-refractivity contribution is 5.94. The molecule has 1 aromatic heterocycles. The molecule has 0 unspecified atom stereocenters. The number of rotatable bonds is 4. The van der Waals surface area contributed by atoms with Gasteiger partial charge in [0.15, 0.2) is 0 Å². The number of nitrogens with one attached hydrogen (secondary N) is 2. The molecule has 0 aliphatic carbocycles. The molecule has 23 heavy (non-hydrogen) atoms. The lowest BCUT2D eigenvalue weighted by molar-refractivity contribution is 0.0942. The van der Waals surface area contributed by atoms with Crippen LogP contribution in [0.4, 0.5) is 0 Å². The van der Waals surface area contributed by atoms with E-state index in [1.165, 1.54) is 12.3 Å². The Kier molecular flexibility index (Phi) is 4.34. The maximum atomic E-state index is 12.5. The van der Waals surface area contributed by atoms with Gasteiger partial charge in [-0.1, -0.05) is 60.7 Å². The number of amides is 1. The Morgan fingerprint density at radius 2 is 1.43 bits per heavy atom. The van der Waals surface area contributed by atoms with Crippen LogP contribution in [0.5, 0.6) is 0 Å². The fourth-order valence-electron chi connectivity index (χ4n) is 2.45. The van der Waals surface area contributed by atoms with E-state index in [0.717, 1.165) is 11.1 Å². The minimum atomic E-state index is -0.298. The zero-order valence-corrected chi connectivity index (χ0v) is 12.4. The quantitative estimate of drug-likeness (QED) is 0.778. The van der Waals surface area contributed by atoms with Gasteiger partial charge in [-0.2, -0.15) is 0 Å². The number of benzene rings is 2. The van der Waals surface area contributed by atoms with Gasteiger partial charge >= 0.3 is 0 Å². The molecule has 0 aliphatic rings. The fraction of sp³-hybridized carbons (Fsp3) is 0.0526. The van der Waals surface area contributed by atoms with E-state index in [1.54, 1.807) is 6.07 Å². The van der Waals surface area contributed by atoms with Crippen molar-refractivity contribution in [3.05, 3.63) is 106 Å². The van der Waals surface area contributed by atoms with Crippen molar-refractivity contribution in [1.82, 2.24) is 10.3 Å². The second-order valence-electron chi connectivity index (χ2n) is 5.17. The maximum Gasteiger partial charge on any atom is 0.252 e. The van der Waals surface area contributed by atoms with Crippen molar-refractivity contribution in [3.8, 4) is 0 Å². The van der Waals surface area contributed by atoms with Crippen molar-refractivity contribution < 1.29 is 4.79 Å². The van der Waals surface area contributed by atoms with Crippen LogP contribution in [0.3, 0.4) is 0 Å². The van der Waals surface area contributed by atoms with Crippen molar-refractivity contribution in [2.75, 3.05) is 0 Å². The van der Waals surface area contributed by atoms with Gasteiger partial charge < -0.3 is 10.3 Å². The van der Waals surface area contributed by atoms with E-state index in [1.807, 2.05) is 60.7 Å². The first kappa shape index (κ1) is 14.8. The lowest BCUT2D eigenvalue weighted by atomic mass is 9.98. The van der Waals surface area contributed by atoms with Crippen LogP contribution in [0.25, 0.3) is 0 Å². The second kappa shape index (κ2) is 6.75. The summed E-state index contributed by atoms with van der Waals surface area (Å²) >= 11 is 0. The van der Waals surface area contributed by atoms with Gasteiger partial charge in [0.25, 0.3) is 5.91 Å². The van der Waals surface area contributed by atoms with Gasteiger partial charge in [0.05, 0.1) is 6.04 Å². The van der Waals surface area contributed by atoms with Gasteiger partial charge in [-0.05, 0) is 17.2 Å². The second-order valence-corrected chi connectivity index (χ2v) is 5.17. The molecule has 0 radical (unpaired) electrons. The average molecular weight is 304 g/mol. The molecule has 3 aromatic rings. The predicted molar refractivity (Wildman–Crippen MR) is 89.3 cm³/mol. The Morgan fingerprint density at radius 3 is 1.96 bits per heavy atom. The van der Waals surface area contributed by atoms with Crippen molar-refractivity contribution in [2.24, 2.45) is 0 Å². The Morgan fingerprint density at radius 1 is 0.870 bits per heavy atom. The van der Waals surface area contributed by atoms with Gasteiger partial charge in [-0.25, -0.2) is 0 Å². The molecule has 2 N–H and O–H groups in total. The molecule has 0 saturated heterocycles. The summed E-state index contributed by atoms with van der Waals surface area (Å²) in [6.45, 7) is 0. The molecule has 0 aliphatic heterocycles. The lowest BCUT2D eigenvalue weighted by Crippen LogP contribution is -2.30. The number of H-pyrrole nitrogens is 1. The molecule has 0 saturated carbocycles. The van der Waals surface area contributed by atoms with Crippen LogP contribution in [0.2, 0.25) is 0 Å². The van der Waals surface area contributed by atoms with E-state index in [0.29, 0.717) is 5.56 Å². The number of aromatic nitrogens is 1. The largest absolute Gasteiger partial charge is 0.341 e. The molecule has 3 rings (SSSR count). The molecule has 0 atom stereocenters. The van der Waals surface area contributed by atoms with Crippen LogP contribution in [0, 0.1) is 0 Å². The topological polar surface area (TPSA) is 62.0 Å². The highest BCUT2D eigenvalue weighted by Gasteiger charge is 2.17. The van der Waals surface area contributed by atoms with Gasteiger partial charge in [0, 0.05) is 17.8 Å². The molecule has 0 bridgehead atoms. The third-order valence-electron chi connectivity index (χ3n) is 3.58. The van der Waals surface area contributed by atoms with Crippen LogP contribution >= 0.6 is 0 Å². The van der Waals surface area contributed by atoms with E-state index in [9.17, 15) is 9.59 Å². The molecule has 2 aromatic carbocycles. The van der Waals surface area contributed by atoms with Gasteiger partial charge in [0.1, 0.15) is 0 Å². The number of pyridine rings is 1.